The maximum Gasteiger partial charge on any atom is 0.243 e. The first-order chi connectivity index (χ1) is 10.8. The van der Waals surface area contributed by atoms with E-state index in [1.165, 1.54) is 16.4 Å². The first-order valence-electron chi connectivity index (χ1n) is 8.01. The maximum absolute atomic E-state index is 13.0. The average Bonchev–Trinajstić information content (AvgIpc) is 2.50. The zero-order valence-corrected chi connectivity index (χ0v) is 14.8. The number of anilines is 1. The highest BCUT2D eigenvalue weighted by atomic mass is 32.2. The average molecular weight is 343 g/mol. The van der Waals surface area contributed by atoms with Crippen LogP contribution in [0.1, 0.15) is 33.1 Å². The number of sulfonamides is 1. The van der Waals surface area contributed by atoms with Gasteiger partial charge in [-0.3, -0.25) is 0 Å². The Hall–Kier alpha value is -1.15. The number of aliphatic hydroxyl groups is 1. The summed E-state index contributed by atoms with van der Waals surface area (Å²) in [6.07, 6.45) is 2.19. The van der Waals surface area contributed by atoms with Crippen LogP contribution in [0, 0.1) is 5.92 Å². The molecule has 1 rings (SSSR count). The Morgan fingerprint density at radius 2 is 1.78 bits per heavy atom. The van der Waals surface area contributed by atoms with Crippen LogP contribution in [0.4, 0.5) is 5.69 Å². The van der Waals surface area contributed by atoms with Crippen LogP contribution in [0.5, 0.6) is 0 Å². The van der Waals surface area contributed by atoms with Crippen molar-refractivity contribution in [2.24, 2.45) is 11.7 Å². The zero-order valence-electron chi connectivity index (χ0n) is 14.0. The van der Waals surface area contributed by atoms with Gasteiger partial charge in [-0.2, -0.15) is 4.31 Å². The maximum atomic E-state index is 13.0. The quantitative estimate of drug-likeness (QED) is 0.439. The van der Waals surface area contributed by atoms with Gasteiger partial charge in [0, 0.05) is 18.3 Å². The number of rotatable bonds is 10. The van der Waals surface area contributed by atoms with E-state index in [2.05, 4.69) is 0 Å². The summed E-state index contributed by atoms with van der Waals surface area (Å²) in [6.45, 7) is 4.64. The molecule has 132 valence electrons. The zero-order chi connectivity index (χ0) is 17.5. The van der Waals surface area contributed by atoms with Crippen molar-refractivity contribution in [2.45, 2.75) is 44.0 Å². The molecule has 0 saturated carbocycles. The Labute approximate surface area is 139 Å². The Morgan fingerprint density at radius 3 is 2.26 bits per heavy atom. The first kappa shape index (κ1) is 19.9. The molecule has 0 bridgehead atoms. The Balaban J connectivity index is 3.09. The van der Waals surface area contributed by atoms with Gasteiger partial charge in [-0.25, -0.2) is 8.42 Å². The molecule has 0 saturated heterocycles. The lowest BCUT2D eigenvalue weighted by atomic mass is 10.1. The minimum absolute atomic E-state index is 0.155. The molecule has 0 spiro atoms. The van der Waals surface area contributed by atoms with Gasteiger partial charge in [-0.15, -0.1) is 0 Å². The summed E-state index contributed by atoms with van der Waals surface area (Å²) in [4.78, 5) is 0.199. The standard InChI is InChI=1S/C16H29N3O3S/c1-13(2)11-19(15(12-20)5-3-4-10-17)23(21,22)16-8-6-14(18)7-9-16/h6-9,13,15,20H,3-5,10-12,17-18H2,1-2H3/t15-/m0/s1. The van der Waals surface area contributed by atoms with Gasteiger partial charge in [0.1, 0.15) is 0 Å². The van der Waals surface area contributed by atoms with Crippen LogP contribution in [-0.2, 0) is 10.0 Å². The molecule has 0 aliphatic rings. The van der Waals surface area contributed by atoms with Crippen LogP contribution < -0.4 is 11.5 Å². The monoisotopic (exact) mass is 343 g/mol. The highest BCUT2D eigenvalue weighted by Gasteiger charge is 2.31. The van der Waals surface area contributed by atoms with E-state index < -0.39 is 16.1 Å². The van der Waals surface area contributed by atoms with Crippen LogP contribution in [-0.4, -0.2) is 43.6 Å². The second-order valence-corrected chi connectivity index (χ2v) is 8.05. The number of nitrogen functional groups attached to an aromatic ring is 1. The smallest absolute Gasteiger partial charge is 0.243 e. The molecule has 1 aromatic rings. The molecule has 7 heteroatoms. The lowest BCUT2D eigenvalue weighted by molar-refractivity contribution is 0.168. The molecular weight excluding hydrogens is 314 g/mol. The third kappa shape index (κ3) is 5.76. The summed E-state index contributed by atoms with van der Waals surface area (Å²) in [5, 5.41) is 9.71. The van der Waals surface area contributed by atoms with Gasteiger partial charge in [0.05, 0.1) is 11.5 Å². The van der Waals surface area contributed by atoms with Gasteiger partial charge in [-0.1, -0.05) is 20.3 Å². The highest BCUT2D eigenvalue weighted by Crippen LogP contribution is 2.23. The summed E-state index contributed by atoms with van der Waals surface area (Å²) in [6, 6.07) is 5.72. The summed E-state index contributed by atoms with van der Waals surface area (Å²) in [7, 11) is -3.67. The fourth-order valence-electron chi connectivity index (χ4n) is 2.43. The van der Waals surface area contributed by atoms with Gasteiger partial charge in [0.25, 0.3) is 0 Å². The summed E-state index contributed by atoms with van der Waals surface area (Å²) < 4.78 is 27.3. The second-order valence-electron chi connectivity index (χ2n) is 6.16. The number of benzene rings is 1. The number of nitrogens with two attached hydrogens (primary N) is 2. The molecule has 0 aromatic heterocycles. The molecule has 5 N–H and O–H groups in total. The normalized spacial score (nSPS) is 13.7. The van der Waals surface area contributed by atoms with Crippen molar-refractivity contribution in [3.05, 3.63) is 24.3 Å². The van der Waals surface area contributed by atoms with Gasteiger partial charge in [-0.05, 0) is 49.6 Å². The lowest BCUT2D eigenvalue weighted by Gasteiger charge is -2.31. The lowest BCUT2D eigenvalue weighted by Crippen LogP contribution is -2.44. The second kappa shape index (κ2) is 9.22. The largest absolute Gasteiger partial charge is 0.399 e. The van der Waals surface area contributed by atoms with E-state index in [0.29, 0.717) is 25.2 Å². The number of unbranched alkanes of at least 4 members (excludes halogenated alkanes) is 1. The molecule has 23 heavy (non-hydrogen) atoms. The van der Waals surface area contributed by atoms with Crippen molar-refractivity contribution in [2.75, 3.05) is 25.4 Å². The van der Waals surface area contributed by atoms with Gasteiger partial charge >= 0.3 is 0 Å². The van der Waals surface area contributed by atoms with Crippen LogP contribution in [0.15, 0.2) is 29.2 Å². The number of aliphatic hydroxyl groups excluding tert-OH is 1. The minimum Gasteiger partial charge on any atom is -0.399 e. The molecule has 1 aromatic carbocycles. The number of hydrogen-bond acceptors (Lipinski definition) is 5. The van der Waals surface area contributed by atoms with E-state index in [1.807, 2.05) is 13.8 Å². The molecule has 0 fully saturated rings. The first-order valence-corrected chi connectivity index (χ1v) is 9.45. The molecule has 1 atom stereocenters. The molecule has 0 amide bonds. The van der Waals surface area contributed by atoms with Gasteiger partial charge in [0.2, 0.25) is 10.0 Å². The molecule has 0 unspecified atom stereocenters. The van der Waals surface area contributed by atoms with Crippen molar-refractivity contribution >= 4 is 15.7 Å². The topological polar surface area (TPSA) is 110 Å². The highest BCUT2D eigenvalue weighted by molar-refractivity contribution is 7.89. The van der Waals surface area contributed by atoms with E-state index in [9.17, 15) is 13.5 Å². The van der Waals surface area contributed by atoms with Gasteiger partial charge in [0.15, 0.2) is 0 Å². The summed E-state index contributed by atoms with van der Waals surface area (Å²) >= 11 is 0. The van der Waals surface area contributed by atoms with Crippen molar-refractivity contribution < 1.29 is 13.5 Å². The van der Waals surface area contributed by atoms with Crippen LogP contribution in [0.2, 0.25) is 0 Å². The van der Waals surface area contributed by atoms with Crippen molar-refractivity contribution in [3.8, 4) is 0 Å². The van der Waals surface area contributed by atoms with Crippen LogP contribution >= 0.6 is 0 Å². The molecule has 0 aliphatic heterocycles. The predicted molar refractivity (Wildman–Crippen MR) is 93.4 cm³/mol. The molecular formula is C16H29N3O3S. The number of hydrogen-bond donors (Lipinski definition) is 3. The fraction of sp³-hybridized carbons (Fsp3) is 0.625. The predicted octanol–water partition coefficient (Wildman–Crippen LogP) is 1.41. The summed E-state index contributed by atoms with van der Waals surface area (Å²) in [5.74, 6) is 0.155. The minimum atomic E-state index is -3.67. The van der Waals surface area contributed by atoms with Crippen molar-refractivity contribution in [1.82, 2.24) is 4.31 Å². The van der Waals surface area contributed by atoms with E-state index >= 15 is 0 Å². The molecule has 0 heterocycles. The molecule has 6 nitrogen and oxygen atoms in total. The van der Waals surface area contributed by atoms with E-state index in [-0.39, 0.29) is 17.4 Å². The third-order valence-corrected chi connectivity index (χ3v) is 5.57. The molecule has 0 radical (unpaired) electrons. The SMILES string of the molecule is CC(C)CN([C@H](CO)CCCCN)S(=O)(=O)c1ccc(N)cc1. The van der Waals surface area contributed by atoms with Crippen molar-refractivity contribution in [1.29, 1.82) is 0 Å². The summed E-state index contributed by atoms with van der Waals surface area (Å²) in [5.41, 5.74) is 11.6. The number of nitrogens with zero attached hydrogens (tertiary/aromatic N) is 1. The van der Waals surface area contributed by atoms with Crippen molar-refractivity contribution in [3.63, 3.8) is 0 Å². The third-order valence-electron chi connectivity index (χ3n) is 3.64. The van der Waals surface area contributed by atoms with Crippen LogP contribution in [0.25, 0.3) is 0 Å². The van der Waals surface area contributed by atoms with E-state index in [4.69, 9.17) is 11.5 Å². The Kier molecular flexibility index (Phi) is 7.98. The van der Waals surface area contributed by atoms with E-state index in [1.54, 1.807) is 12.1 Å². The van der Waals surface area contributed by atoms with E-state index in [0.717, 1.165) is 12.8 Å². The Morgan fingerprint density at radius 1 is 1.17 bits per heavy atom. The fourth-order valence-corrected chi connectivity index (χ4v) is 4.24. The van der Waals surface area contributed by atoms with Gasteiger partial charge < -0.3 is 16.6 Å². The molecule has 0 aliphatic carbocycles. The van der Waals surface area contributed by atoms with Crippen LogP contribution in [0.3, 0.4) is 0 Å². The Bertz CT molecular complexity index is 558.